The largest absolute Gasteiger partial charge is 0.447 e. The molecule has 0 fully saturated rings. The third-order valence-electron chi connectivity index (χ3n) is 5.56. The first-order valence-corrected chi connectivity index (χ1v) is 12.0. The fourth-order valence-corrected chi connectivity index (χ4v) is 3.96. The fraction of sp³-hybridized carbons (Fsp3) is 0.407. The molecular weight excluding hydrogens is 440 g/mol. The number of nitrogens with zero attached hydrogens (tertiary/aromatic N) is 4. The lowest BCUT2D eigenvalue weighted by Crippen LogP contribution is -2.44. The number of amides is 1. The second kappa shape index (κ2) is 9.90. The van der Waals surface area contributed by atoms with Crippen molar-refractivity contribution >= 4 is 23.5 Å². The second-order valence-corrected chi connectivity index (χ2v) is 10.5. The van der Waals surface area contributed by atoms with Crippen molar-refractivity contribution in [1.29, 1.82) is 0 Å². The highest BCUT2D eigenvalue weighted by Gasteiger charge is 2.25. The summed E-state index contributed by atoms with van der Waals surface area (Å²) in [4.78, 5) is 28.2. The molecule has 0 saturated heterocycles. The quantitative estimate of drug-likeness (QED) is 0.498. The third kappa shape index (κ3) is 6.47. The Kier molecular flexibility index (Phi) is 6.91. The van der Waals surface area contributed by atoms with E-state index in [-0.39, 0.29) is 12.1 Å². The van der Waals surface area contributed by atoms with Gasteiger partial charge in [-0.05, 0) is 65.2 Å². The first-order valence-electron chi connectivity index (χ1n) is 12.0. The summed E-state index contributed by atoms with van der Waals surface area (Å²) in [7, 11) is 0. The summed E-state index contributed by atoms with van der Waals surface area (Å²) in [5, 5.41) is 6.11. The van der Waals surface area contributed by atoms with Gasteiger partial charge < -0.3 is 20.3 Å². The minimum atomic E-state index is -0.557. The summed E-state index contributed by atoms with van der Waals surface area (Å²) in [5.74, 6) is 1.30. The summed E-state index contributed by atoms with van der Waals surface area (Å²) in [6, 6.07) is 14.3. The number of carbonyl (C=O) groups excluding carboxylic acids is 1. The third-order valence-corrected chi connectivity index (χ3v) is 5.56. The van der Waals surface area contributed by atoms with Crippen molar-refractivity contribution in [1.82, 2.24) is 20.3 Å². The Morgan fingerprint density at radius 2 is 1.86 bits per heavy atom. The number of nitrogens with one attached hydrogen (secondary N) is 2. The summed E-state index contributed by atoms with van der Waals surface area (Å²) in [5.41, 5.74) is 3.45. The van der Waals surface area contributed by atoms with Crippen molar-refractivity contribution in [3.63, 3.8) is 0 Å². The number of aryl methyl sites for hydroxylation is 1. The maximum absolute atomic E-state index is 12.1. The zero-order chi connectivity index (χ0) is 25.1. The van der Waals surface area contributed by atoms with Crippen LogP contribution in [0.3, 0.4) is 0 Å². The Balaban J connectivity index is 1.51. The first kappa shape index (κ1) is 24.4. The monoisotopic (exact) mass is 474 g/mol. The van der Waals surface area contributed by atoms with Crippen LogP contribution in [0.15, 0.2) is 54.9 Å². The highest BCUT2D eigenvalue weighted by molar-refractivity contribution is 5.72. The smallest absolute Gasteiger partial charge is 0.407 e. The lowest BCUT2D eigenvalue weighted by molar-refractivity contribution is 0.121. The molecule has 0 atom stereocenters. The van der Waals surface area contributed by atoms with Crippen molar-refractivity contribution in [2.45, 2.75) is 58.5 Å². The number of ether oxygens (including phenoxy) is 1. The van der Waals surface area contributed by atoms with Gasteiger partial charge >= 0.3 is 6.09 Å². The minimum absolute atomic E-state index is 0.168. The van der Waals surface area contributed by atoms with Gasteiger partial charge in [0.2, 0.25) is 5.95 Å². The van der Waals surface area contributed by atoms with E-state index in [1.807, 2.05) is 65.1 Å². The molecule has 0 unspecified atom stereocenters. The lowest BCUT2D eigenvalue weighted by Gasteiger charge is -2.31. The van der Waals surface area contributed by atoms with Gasteiger partial charge in [0, 0.05) is 35.7 Å². The van der Waals surface area contributed by atoms with Crippen molar-refractivity contribution in [3.8, 4) is 11.3 Å². The van der Waals surface area contributed by atoms with E-state index in [0.29, 0.717) is 5.95 Å². The molecule has 8 heteroatoms. The van der Waals surface area contributed by atoms with Crippen molar-refractivity contribution in [3.05, 3.63) is 60.4 Å². The molecule has 4 rings (SSSR count). The van der Waals surface area contributed by atoms with Gasteiger partial charge in [0.05, 0.1) is 11.2 Å². The SMILES string of the molecule is CC(C)(C)NC(=O)OCC(C)(C)Nc1nccc(N2CCCc3cnc(-c4ccccc4)cc32)n1. The molecule has 35 heavy (non-hydrogen) atoms. The average molecular weight is 475 g/mol. The lowest BCUT2D eigenvalue weighted by atomic mass is 10.0. The van der Waals surface area contributed by atoms with Gasteiger partial charge in [-0.2, -0.15) is 4.98 Å². The van der Waals surface area contributed by atoms with Gasteiger partial charge in [-0.1, -0.05) is 30.3 Å². The minimum Gasteiger partial charge on any atom is -0.447 e. The van der Waals surface area contributed by atoms with Crippen molar-refractivity contribution in [2.75, 3.05) is 23.4 Å². The number of aromatic nitrogens is 3. The van der Waals surface area contributed by atoms with E-state index >= 15 is 0 Å². The van der Waals surface area contributed by atoms with Crippen LogP contribution in [-0.2, 0) is 11.2 Å². The van der Waals surface area contributed by atoms with Crippen LogP contribution < -0.4 is 15.5 Å². The van der Waals surface area contributed by atoms with Crippen LogP contribution in [-0.4, -0.2) is 45.3 Å². The van der Waals surface area contributed by atoms with Crippen LogP contribution in [0.2, 0.25) is 0 Å². The molecule has 2 aromatic heterocycles. The van der Waals surface area contributed by atoms with Crippen LogP contribution in [0, 0.1) is 0 Å². The number of rotatable bonds is 6. The van der Waals surface area contributed by atoms with Gasteiger partial charge in [0.25, 0.3) is 0 Å². The Labute approximate surface area is 207 Å². The number of hydrogen-bond donors (Lipinski definition) is 2. The Morgan fingerprint density at radius 3 is 2.60 bits per heavy atom. The highest BCUT2D eigenvalue weighted by atomic mass is 16.5. The zero-order valence-electron chi connectivity index (χ0n) is 21.1. The Hall–Kier alpha value is -3.68. The summed E-state index contributed by atoms with van der Waals surface area (Å²) in [6.07, 6.45) is 5.29. The van der Waals surface area contributed by atoms with Gasteiger partial charge in [0.15, 0.2) is 0 Å². The molecule has 1 amide bonds. The molecule has 1 aromatic carbocycles. The predicted octanol–water partition coefficient (Wildman–Crippen LogP) is 5.34. The van der Waals surface area contributed by atoms with E-state index in [9.17, 15) is 4.79 Å². The second-order valence-electron chi connectivity index (χ2n) is 10.5. The van der Waals surface area contributed by atoms with Crippen LogP contribution in [0.5, 0.6) is 0 Å². The van der Waals surface area contributed by atoms with Gasteiger partial charge in [0.1, 0.15) is 12.4 Å². The van der Waals surface area contributed by atoms with Gasteiger partial charge in [-0.3, -0.25) is 4.98 Å². The molecule has 2 N–H and O–H groups in total. The van der Waals surface area contributed by atoms with Crippen LogP contribution in [0.1, 0.15) is 46.6 Å². The number of fused-ring (bicyclic) bond motifs is 1. The Bertz CT molecular complexity index is 1170. The summed E-state index contributed by atoms with van der Waals surface area (Å²) < 4.78 is 5.42. The zero-order valence-corrected chi connectivity index (χ0v) is 21.1. The Morgan fingerprint density at radius 1 is 1.09 bits per heavy atom. The topological polar surface area (TPSA) is 92.3 Å². The van der Waals surface area contributed by atoms with Crippen LogP contribution in [0.25, 0.3) is 11.3 Å². The van der Waals surface area contributed by atoms with E-state index in [0.717, 1.165) is 42.1 Å². The fourth-order valence-electron chi connectivity index (χ4n) is 3.96. The molecule has 0 aliphatic carbocycles. The molecule has 8 nitrogen and oxygen atoms in total. The van der Waals surface area contributed by atoms with Crippen LogP contribution in [0.4, 0.5) is 22.2 Å². The van der Waals surface area contributed by atoms with Gasteiger partial charge in [-0.15, -0.1) is 0 Å². The van der Waals surface area contributed by atoms with E-state index in [1.165, 1.54) is 5.56 Å². The van der Waals surface area contributed by atoms with Gasteiger partial charge in [-0.25, -0.2) is 9.78 Å². The molecule has 0 bridgehead atoms. The summed E-state index contributed by atoms with van der Waals surface area (Å²) in [6.45, 7) is 10.7. The standard InChI is InChI=1S/C27H34N6O2/c1-26(2,3)32-25(34)35-18-27(4,5)31-24-28-14-13-23(30-24)33-15-9-12-20-17-29-21(16-22(20)33)19-10-7-6-8-11-19/h6-8,10-11,13-14,16-17H,9,12,15,18H2,1-5H3,(H,32,34)(H,28,30,31). The van der Waals surface area contributed by atoms with E-state index in [2.05, 4.69) is 38.7 Å². The summed E-state index contributed by atoms with van der Waals surface area (Å²) >= 11 is 0. The maximum Gasteiger partial charge on any atom is 0.407 e. The molecule has 1 aliphatic rings. The number of hydrogen-bond acceptors (Lipinski definition) is 7. The maximum atomic E-state index is 12.1. The van der Waals surface area contributed by atoms with Crippen molar-refractivity contribution < 1.29 is 9.53 Å². The van der Waals surface area contributed by atoms with Crippen molar-refractivity contribution in [2.24, 2.45) is 0 Å². The van der Waals surface area contributed by atoms with E-state index < -0.39 is 11.6 Å². The predicted molar refractivity (Wildman–Crippen MR) is 139 cm³/mol. The van der Waals surface area contributed by atoms with E-state index in [4.69, 9.17) is 14.7 Å². The normalized spacial score (nSPS) is 13.7. The number of carbonyl (C=O) groups is 1. The first-order chi connectivity index (χ1) is 16.6. The number of anilines is 3. The van der Waals surface area contributed by atoms with E-state index in [1.54, 1.807) is 6.20 Å². The molecule has 3 aromatic rings. The number of pyridine rings is 1. The molecular formula is C27H34N6O2. The molecule has 0 radical (unpaired) electrons. The highest BCUT2D eigenvalue weighted by Crippen LogP contribution is 2.35. The molecule has 0 spiro atoms. The molecule has 3 heterocycles. The average Bonchev–Trinajstić information content (AvgIpc) is 2.81. The molecule has 184 valence electrons. The van der Waals surface area contributed by atoms with Crippen LogP contribution >= 0.6 is 0 Å². The number of benzene rings is 1. The molecule has 1 aliphatic heterocycles. The number of alkyl carbamates (subject to hydrolysis) is 1. The molecule has 0 saturated carbocycles.